The molecule has 9 heteroatoms. The highest BCUT2D eigenvalue weighted by atomic mass is 16.5. The lowest BCUT2D eigenvalue weighted by atomic mass is 9.82. The van der Waals surface area contributed by atoms with E-state index in [1.54, 1.807) is 34.6 Å². The molecule has 1 saturated heterocycles. The maximum Gasteiger partial charge on any atom is 0.225 e. The molecule has 0 saturated carbocycles. The first-order chi connectivity index (χ1) is 18.0. The number of hydrogen-bond donors (Lipinski definition) is 0. The van der Waals surface area contributed by atoms with Crippen LogP contribution in [0.1, 0.15) is 34.0 Å². The fraction of sp³-hybridized carbons (Fsp3) is 0.393. The van der Waals surface area contributed by atoms with Crippen LogP contribution in [0.3, 0.4) is 0 Å². The fourth-order valence-corrected chi connectivity index (χ4v) is 5.12. The van der Waals surface area contributed by atoms with Gasteiger partial charge in [0.15, 0.2) is 17.3 Å². The number of piperazine rings is 1. The van der Waals surface area contributed by atoms with Gasteiger partial charge >= 0.3 is 0 Å². The number of ether oxygens (including phenoxy) is 4. The lowest BCUT2D eigenvalue weighted by Crippen LogP contribution is -2.47. The molecule has 1 fully saturated rings. The number of carbonyl (C=O) groups excluding carboxylic acids is 1. The van der Waals surface area contributed by atoms with E-state index in [4.69, 9.17) is 23.9 Å². The van der Waals surface area contributed by atoms with Gasteiger partial charge in [0, 0.05) is 44.5 Å². The van der Waals surface area contributed by atoms with E-state index in [1.807, 2.05) is 24.3 Å². The third-order valence-corrected chi connectivity index (χ3v) is 7.19. The first-order valence-electron chi connectivity index (χ1n) is 12.4. The number of ketones is 1. The predicted molar refractivity (Wildman–Crippen MR) is 141 cm³/mol. The molecule has 1 atom stereocenters. The Morgan fingerprint density at radius 3 is 2.05 bits per heavy atom. The molecule has 37 heavy (non-hydrogen) atoms. The number of Topliss-reactive ketones (excluding diaryl/α,β-unsaturated/α-hetero) is 1. The van der Waals surface area contributed by atoms with Crippen LogP contribution >= 0.6 is 0 Å². The normalized spacial score (nSPS) is 17.3. The highest BCUT2D eigenvalue weighted by Crippen LogP contribution is 2.42. The third kappa shape index (κ3) is 4.85. The monoisotopic (exact) mass is 504 g/mol. The van der Waals surface area contributed by atoms with Crippen molar-refractivity contribution in [2.24, 2.45) is 0 Å². The highest BCUT2D eigenvalue weighted by Gasteiger charge is 2.30. The average Bonchev–Trinajstić information content (AvgIpc) is 2.96. The van der Waals surface area contributed by atoms with Crippen LogP contribution in [-0.4, -0.2) is 70.4 Å². The largest absolute Gasteiger partial charge is 0.497 e. The van der Waals surface area contributed by atoms with Gasteiger partial charge in [-0.15, -0.1) is 0 Å². The second kappa shape index (κ2) is 10.5. The molecule has 1 aliphatic heterocycles. The van der Waals surface area contributed by atoms with E-state index < -0.39 is 0 Å². The average molecular weight is 505 g/mol. The Morgan fingerprint density at radius 2 is 1.46 bits per heavy atom. The van der Waals surface area contributed by atoms with Gasteiger partial charge in [-0.05, 0) is 54.3 Å². The molecule has 2 heterocycles. The van der Waals surface area contributed by atoms with Crippen molar-refractivity contribution in [2.45, 2.75) is 18.8 Å². The van der Waals surface area contributed by atoms with Crippen molar-refractivity contribution in [1.29, 1.82) is 0 Å². The van der Waals surface area contributed by atoms with Crippen molar-refractivity contribution in [3.8, 4) is 23.0 Å². The quantitative estimate of drug-likeness (QED) is 0.477. The summed E-state index contributed by atoms with van der Waals surface area (Å²) in [6.45, 7) is 3.32. The van der Waals surface area contributed by atoms with E-state index >= 15 is 0 Å². The van der Waals surface area contributed by atoms with Gasteiger partial charge in [-0.3, -0.25) is 4.79 Å². The van der Waals surface area contributed by atoms with Crippen LogP contribution < -0.4 is 28.7 Å². The van der Waals surface area contributed by atoms with E-state index in [0.29, 0.717) is 41.6 Å². The van der Waals surface area contributed by atoms with Crippen LogP contribution in [0.4, 0.5) is 11.6 Å². The summed E-state index contributed by atoms with van der Waals surface area (Å²) in [6, 6.07) is 12.0. The Labute approximate surface area is 216 Å². The zero-order valence-corrected chi connectivity index (χ0v) is 21.7. The predicted octanol–water partition coefficient (Wildman–Crippen LogP) is 3.75. The highest BCUT2D eigenvalue weighted by molar-refractivity contribution is 5.98. The van der Waals surface area contributed by atoms with E-state index in [0.717, 1.165) is 43.2 Å². The Kier molecular flexibility index (Phi) is 7.03. The van der Waals surface area contributed by atoms with E-state index in [1.165, 1.54) is 5.69 Å². The number of carbonyl (C=O) groups is 1. The van der Waals surface area contributed by atoms with Gasteiger partial charge in [-0.2, -0.15) is 0 Å². The first-order valence-corrected chi connectivity index (χ1v) is 12.4. The number of fused-ring (bicyclic) bond motifs is 1. The zero-order valence-electron chi connectivity index (χ0n) is 21.7. The molecule has 5 rings (SSSR count). The Balaban J connectivity index is 1.33. The van der Waals surface area contributed by atoms with Gasteiger partial charge in [0.25, 0.3) is 0 Å². The summed E-state index contributed by atoms with van der Waals surface area (Å²) in [6.07, 6.45) is 2.72. The molecule has 0 unspecified atom stereocenters. The van der Waals surface area contributed by atoms with E-state index in [2.05, 4.69) is 26.9 Å². The third-order valence-electron chi connectivity index (χ3n) is 7.19. The Morgan fingerprint density at radius 1 is 0.811 bits per heavy atom. The van der Waals surface area contributed by atoms with Crippen molar-refractivity contribution in [3.05, 3.63) is 59.4 Å². The molecule has 1 aromatic heterocycles. The second-order valence-electron chi connectivity index (χ2n) is 9.19. The topological polar surface area (TPSA) is 86.2 Å². The molecule has 0 radical (unpaired) electrons. The minimum Gasteiger partial charge on any atom is -0.497 e. The van der Waals surface area contributed by atoms with Crippen molar-refractivity contribution in [3.63, 3.8) is 0 Å². The van der Waals surface area contributed by atoms with Crippen molar-refractivity contribution >= 4 is 17.4 Å². The molecular weight excluding hydrogens is 472 g/mol. The van der Waals surface area contributed by atoms with Crippen LogP contribution in [0.5, 0.6) is 23.0 Å². The molecule has 2 aromatic carbocycles. The minimum absolute atomic E-state index is 0.0385. The minimum atomic E-state index is -0.0385. The van der Waals surface area contributed by atoms with E-state index in [-0.39, 0.29) is 11.7 Å². The molecule has 1 aliphatic carbocycles. The number of aromatic nitrogens is 2. The summed E-state index contributed by atoms with van der Waals surface area (Å²) in [5.74, 6) is 3.23. The smallest absolute Gasteiger partial charge is 0.225 e. The van der Waals surface area contributed by atoms with Gasteiger partial charge in [0.05, 0.1) is 39.7 Å². The number of anilines is 2. The molecule has 0 N–H and O–H groups in total. The van der Waals surface area contributed by atoms with Gasteiger partial charge in [0.1, 0.15) is 5.75 Å². The number of nitrogens with zero attached hydrogens (tertiary/aromatic N) is 4. The summed E-state index contributed by atoms with van der Waals surface area (Å²) < 4.78 is 21.8. The van der Waals surface area contributed by atoms with Crippen LogP contribution in [0, 0.1) is 0 Å². The lowest BCUT2D eigenvalue weighted by Gasteiger charge is -2.36. The second-order valence-corrected chi connectivity index (χ2v) is 9.19. The van der Waals surface area contributed by atoms with Crippen LogP contribution in [-0.2, 0) is 6.42 Å². The molecule has 9 nitrogen and oxygen atoms in total. The number of benzene rings is 2. The van der Waals surface area contributed by atoms with Crippen molar-refractivity contribution in [1.82, 2.24) is 9.97 Å². The number of rotatable bonds is 7. The van der Waals surface area contributed by atoms with Crippen molar-refractivity contribution < 1.29 is 23.7 Å². The number of hydrogen-bond acceptors (Lipinski definition) is 9. The summed E-state index contributed by atoms with van der Waals surface area (Å²) in [5.41, 5.74) is 3.54. The molecular formula is C28H32N4O5. The molecule has 3 aromatic rings. The van der Waals surface area contributed by atoms with Crippen LogP contribution in [0.2, 0.25) is 0 Å². The standard InChI is InChI=1S/C28H32N4O5/c1-34-21-7-5-20(6-8-21)31-9-11-32(12-10-31)28-29-17-22-23(30-28)13-18(14-24(22)33)19-15-25(35-2)27(37-4)26(16-19)36-3/h5-8,15-18H,9-14H2,1-4H3/t18-/m1/s1. The van der Waals surface area contributed by atoms with Crippen LogP contribution in [0.15, 0.2) is 42.6 Å². The van der Waals surface area contributed by atoms with E-state index in [9.17, 15) is 4.79 Å². The molecule has 0 amide bonds. The zero-order chi connectivity index (χ0) is 25.9. The van der Waals surface area contributed by atoms with Gasteiger partial charge in [-0.1, -0.05) is 0 Å². The maximum atomic E-state index is 13.0. The van der Waals surface area contributed by atoms with Crippen molar-refractivity contribution in [2.75, 3.05) is 64.4 Å². The maximum absolute atomic E-state index is 13.0. The fourth-order valence-electron chi connectivity index (χ4n) is 5.12. The Bertz CT molecular complexity index is 1250. The summed E-state index contributed by atoms with van der Waals surface area (Å²) in [5, 5.41) is 0. The molecule has 0 spiro atoms. The van der Waals surface area contributed by atoms with Gasteiger partial charge in [0.2, 0.25) is 11.7 Å². The lowest BCUT2D eigenvalue weighted by molar-refractivity contribution is 0.0962. The van der Waals surface area contributed by atoms with Gasteiger partial charge in [-0.25, -0.2) is 9.97 Å². The molecule has 2 aliphatic rings. The summed E-state index contributed by atoms with van der Waals surface area (Å²) >= 11 is 0. The van der Waals surface area contributed by atoms with Crippen LogP contribution in [0.25, 0.3) is 0 Å². The molecule has 0 bridgehead atoms. The summed E-state index contributed by atoms with van der Waals surface area (Å²) in [4.78, 5) is 27.0. The molecule has 194 valence electrons. The Hall–Kier alpha value is -4.01. The first kappa shape index (κ1) is 24.7. The SMILES string of the molecule is COc1ccc(N2CCN(c3ncc4c(n3)C[C@@H](c3cc(OC)c(OC)c(OC)c3)CC4=O)CC2)cc1. The number of methoxy groups -OCH3 is 4. The summed E-state index contributed by atoms with van der Waals surface area (Å²) in [7, 11) is 6.44. The van der Waals surface area contributed by atoms with Gasteiger partial charge < -0.3 is 28.7 Å².